The number of thiocarbonyl (C=S) groups is 1. The number of sulfonamides is 1. The van der Waals surface area contributed by atoms with E-state index in [0.717, 1.165) is 0 Å². The van der Waals surface area contributed by atoms with Crippen LogP contribution in [0.25, 0.3) is 0 Å². The molecule has 20 heavy (non-hydrogen) atoms. The van der Waals surface area contributed by atoms with E-state index >= 15 is 0 Å². The summed E-state index contributed by atoms with van der Waals surface area (Å²) in [6.07, 6.45) is 0.974. The van der Waals surface area contributed by atoms with Crippen LogP contribution in [0.4, 0.5) is 0 Å². The highest BCUT2D eigenvalue weighted by Crippen LogP contribution is 2.23. The number of nitrogens with one attached hydrogen (secondary N) is 1. The Morgan fingerprint density at radius 2 is 2.00 bits per heavy atom. The van der Waals surface area contributed by atoms with E-state index in [1.165, 1.54) is 0 Å². The van der Waals surface area contributed by atoms with Gasteiger partial charge in [-0.15, -0.1) is 0 Å². The van der Waals surface area contributed by atoms with Crippen LogP contribution in [0.2, 0.25) is 0 Å². The summed E-state index contributed by atoms with van der Waals surface area (Å²) in [4.78, 5) is 13.5. The number of nitrogens with zero attached hydrogens (tertiary/aromatic N) is 1. The lowest BCUT2D eigenvalue weighted by atomic mass is 9.89. The molecule has 9 heteroatoms. The topological polar surface area (TPSA) is 102 Å². The van der Waals surface area contributed by atoms with Gasteiger partial charge in [0.2, 0.25) is 10.0 Å². The summed E-state index contributed by atoms with van der Waals surface area (Å²) in [7, 11) is -1.89. The van der Waals surface area contributed by atoms with Gasteiger partial charge in [0.15, 0.2) is 5.75 Å². The maximum Gasteiger partial charge on any atom is 0.322 e. The van der Waals surface area contributed by atoms with Crippen molar-refractivity contribution in [2.75, 3.05) is 32.5 Å². The highest BCUT2D eigenvalue weighted by molar-refractivity contribution is 7.90. The van der Waals surface area contributed by atoms with Gasteiger partial charge in [0, 0.05) is 13.1 Å². The quantitative estimate of drug-likeness (QED) is 0.488. The maximum absolute atomic E-state index is 12.0. The van der Waals surface area contributed by atoms with Gasteiger partial charge in [-0.25, -0.2) is 13.1 Å². The molecule has 1 heterocycles. The largest absolute Gasteiger partial charge is 0.465 e. The standard InChI is InChI=1S/C11H21N3O4S2/c1-3-18-9(15)8-20(16,17)13-11(10(12)19)4-6-14(2)7-5-11/h13H,3-8H2,1-2H3,(H2,12,19). The van der Waals surface area contributed by atoms with Crippen LogP contribution in [-0.2, 0) is 19.6 Å². The van der Waals surface area contributed by atoms with Gasteiger partial charge in [0.1, 0.15) is 0 Å². The van der Waals surface area contributed by atoms with Gasteiger partial charge < -0.3 is 15.4 Å². The fraction of sp³-hybridized carbons (Fsp3) is 0.818. The second-order valence-corrected chi connectivity index (χ2v) is 7.08. The predicted octanol–water partition coefficient (Wildman–Crippen LogP) is -0.781. The zero-order valence-corrected chi connectivity index (χ0v) is 13.3. The Bertz CT molecular complexity index is 470. The van der Waals surface area contributed by atoms with E-state index in [-0.39, 0.29) is 11.6 Å². The number of likely N-dealkylation sites (tertiary alicyclic amines) is 1. The highest BCUT2D eigenvalue weighted by Gasteiger charge is 2.40. The minimum Gasteiger partial charge on any atom is -0.465 e. The Kier molecular flexibility index (Phi) is 5.87. The lowest BCUT2D eigenvalue weighted by Gasteiger charge is -2.40. The Balaban J connectivity index is 2.80. The van der Waals surface area contributed by atoms with Crippen molar-refractivity contribution in [2.24, 2.45) is 5.73 Å². The predicted molar refractivity (Wildman–Crippen MR) is 79.8 cm³/mol. The van der Waals surface area contributed by atoms with Gasteiger partial charge in [-0.3, -0.25) is 4.79 Å². The van der Waals surface area contributed by atoms with Crippen molar-refractivity contribution < 1.29 is 17.9 Å². The first-order valence-corrected chi connectivity index (χ1v) is 8.42. The van der Waals surface area contributed by atoms with Crippen LogP contribution in [0.1, 0.15) is 19.8 Å². The summed E-state index contributed by atoms with van der Waals surface area (Å²) in [5.74, 6) is -1.51. The molecule has 3 N–H and O–H groups in total. The smallest absolute Gasteiger partial charge is 0.322 e. The third kappa shape index (κ3) is 4.65. The molecule has 0 bridgehead atoms. The van der Waals surface area contributed by atoms with Crippen molar-refractivity contribution in [1.29, 1.82) is 0 Å². The zero-order valence-electron chi connectivity index (χ0n) is 11.7. The summed E-state index contributed by atoms with van der Waals surface area (Å²) in [6, 6.07) is 0. The number of nitrogens with two attached hydrogens (primary N) is 1. The van der Waals surface area contributed by atoms with Crippen molar-refractivity contribution in [3.63, 3.8) is 0 Å². The van der Waals surface area contributed by atoms with E-state index in [2.05, 4.69) is 14.4 Å². The van der Waals surface area contributed by atoms with Crippen LogP contribution >= 0.6 is 12.2 Å². The number of ether oxygens (including phenoxy) is 1. The average molecular weight is 323 g/mol. The molecule has 0 unspecified atom stereocenters. The Labute approximate surface area is 124 Å². The molecular weight excluding hydrogens is 302 g/mol. The highest BCUT2D eigenvalue weighted by atomic mass is 32.2. The van der Waals surface area contributed by atoms with Crippen LogP contribution in [0, 0.1) is 0 Å². The lowest BCUT2D eigenvalue weighted by molar-refractivity contribution is -0.139. The number of esters is 1. The Morgan fingerprint density at radius 1 is 1.45 bits per heavy atom. The van der Waals surface area contributed by atoms with E-state index in [1.807, 2.05) is 7.05 Å². The third-order valence-corrected chi connectivity index (χ3v) is 4.98. The number of hydrogen-bond acceptors (Lipinski definition) is 6. The van der Waals surface area contributed by atoms with Crippen molar-refractivity contribution in [3.05, 3.63) is 0 Å². The number of carbonyl (C=O) groups is 1. The molecule has 0 radical (unpaired) electrons. The van der Waals surface area contributed by atoms with Crippen LogP contribution in [0.5, 0.6) is 0 Å². The van der Waals surface area contributed by atoms with Gasteiger partial charge in [-0.1, -0.05) is 12.2 Å². The molecule has 0 atom stereocenters. The molecule has 0 spiro atoms. The summed E-state index contributed by atoms with van der Waals surface area (Å²) in [6.45, 7) is 3.11. The molecule has 1 fully saturated rings. The lowest BCUT2D eigenvalue weighted by Crippen LogP contribution is -2.61. The second-order valence-electron chi connectivity index (χ2n) is 4.92. The first-order chi connectivity index (χ1) is 9.21. The van der Waals surface area contributed by atoms with E-state index < -0.39 is 27.3 Å². The molecule has 1 rings (SSSR count). The maximum atomic E-state index is 12.0. The van der Waals surface area contributed by atoms with E-state index in [9.17, 15) is 13.2 Å². The molecular formula is C11H21N3O4S2. The van der Waals surface area contributed by atoms with Crippen LogP contribution in [0.3, 0.4) is 0 Å². The Morgan fingerprint density at radius 3 is 2.45 bits per heavy atom. The van der Waals surface area contributed by atoms with Crippen molar-refractivity contribution in [1.82, 2.24) is 9.62 Å². The molecule has 0 aromatic rings. The molecule has 0 amide bonds. The molecule has 1 aliphatic rings. The van der Waals surface area contributed by atoms with Gasteiger partial charge >= 0.3 is 5.97 Å². The zero-order chi connectivity index (χ0) is 15.4. The molecule has 0 aromatic heterocycles. The SMILES string of the molecule is CCOC(=O)CS(=O)(=O)NC1(C(N)=S)CCN(C)CC1. The van der Waals surface area contributed by atoms with Gasteiger partial charge in [0.25, 0.3) is 0 Å². The van der Waals surface area contributed by atoms with Gasteiger partial charge in [-0.2, -0.15) is 0 Å². The normalized spacial score (nSPS) is 19.5. The molecule has 7 nitrogen and oxygen atoms in total. The molecule has 0 saturated carbocycles. The fourth-order valence-electron chi connectivity index (χ4n) is 2.09. The number of hydrogen-bond donors (Lipinski definition) is 2. The van der Waals surface area contributed by atoms with Crippen molar-refractivity contribution >= 4 is 33.2 Å². The molecule has 116 valence electrons. The molecule has 0 aromatic carbocycles. The van der Waals surface area contributed by atoms with Gasteiger partial charge in [-0.05, 0) is 26.8 Å². The summed E-state index contributed by atoms with van der Waals surface area (Å²) in [5, 5.41) is 0. The van der Waals surface area contributed by atoms with Crippen molar-refractivity contribution in [2.45, 2.75) is 25.3 Å². The Hall–Kier alpha value is -0.770. The monoisotopic (exact) mass is 323 g/mol. The van der Waals surface area contributed by atoms with E-state index in [0.29, 0.717) is 25.9 Å². The molecule has 0 aliphatic carbocycles. The summed E-state index contributed by atoms with van der Waals surface area (Å²) >= 11 is 5.02. The summed E-state index contributed by atoms with van der Waals surface area (Å²) < 4.78 is 31.2. The van der Waals surface area contributed by atoms with Gasteiger partial charge in [0.05, 0.1) is 17.1 Å². The first kappa shape index (κ1) is 17.3. The van der Waals surface area contributed by atoms with E-state index in [1.54, 1.807) is 6.92 Å². The van der Waals surface area contributed by atoms with Crippen molar-refractivity contribution in [3.8, 4) is 0 Å². The minimum absolute atomic E-state index is 0.109. The first-order valence-electron chi connectivity index (χ1n) is 6.36. The van der Waals surface area contributed by atoms with Crippen LogP contribution in [-0.4, -0.2) is 62.3 Å². The number of carbonyl (C=O) groups excluding carboxylic acids is 1. The number of rotatable bonds is 6. The number of piperidine rings is 1. The van der Waals surface area contributed by atoms with E-state index in [4.69, 9.17) is 18.0 Å². The molecule has 1 saturated heterocycles. The summed E-state index contributed by atoms with van der Waals surface area (Å²) in [5.41, 5.74) is 4.76. The van der Waals surface area contributed by atoms with Crippen LogP contribution < -0.4 is 10.5 Å². The second kappa shape index (κ2) is 6.79. The molecule has 1 aliphatic heterocycles. The minimum atomic E-state index is -3.83. The fourth-order valence-corrected chi connectivity index (χ4v) is 3.79. The van der Waals surface area contributed by atoms with Crippen LogP contribution in [0.15, 0.2) is 0 Å². The third-order valence-electron chi connectivity index (χ3n) is 3.28. The average Bonchev–Trinajstić information content (AvgIpc) is 2.31.